The molecule has 0 saturated heterocycles. The second kappa shape index (κ2) is 4.32. The molecule has 2 heterocycles. The third-order valence-electron chi connectivity index (χ3n) is 3.43. The predicted molar refractivity (Wildman–Crippen MR) is 83.3 cm³/mol. The molecule has 4 rings (SSSR count). The van der Waals surface area contributed by atoms with Crippen LogP contribution in [0.4, 0.5) is 0 Å². The summed E-state index contributed by atoms with van der Waals surface area (Å²) in [6.45, 7) is 0. The average Bonchev–Trinajstić information content (AvgIpc) is 3.02. The Morgan fingerprint density at radius 1 is 0.850 bits per heavy atom. The lowest BCUT2D eigenvalue weighted by atomic mass is 10.1. The summed E-state index contributed by atoms with van der Waals surface area (Å²) in [5, 5.41) is 5.36. The maximum Gasteiger partial charge on any atom is 0.200 e. The van der Waals surface area contributed by atoms with Gasteiger partial charge in [0.05, 0.1) is 10.8 Å². The van der Waals surface area contributed by atoms with Crippen LogP contribution in [0.2, 0.25) is 0 Å². The highest BCUT2D eigenvalue weighted by molar-refractivity contribution is 7.08. The second-order valence-corrected chi connectivity index (χ2v) is 5.43. The van der Waals surface area contributed by atoms with E-state index in [1.54, 1.807) is 17.4 Å². The highest BCUT2D eigenvalue weighted by Gasteiger charge is 2.08. The molecule has 0 bridgehead atoms. The molecule has 2 aromatic heterocycles. The van der Waals surface area contributed by atoms with Crippen molar-refractivity contribution in [1.29, 1.82) is 0 Å². The highest BCUT2D eigenvalue weighted by Crippen LogP contribution is 2.26. The van der Waals surface area contributed by atoms with Crippen molar-refractivity contribution in [2.45, 2.75) is 0 Å². The molecule has 0 fully saturated rings. The van der Waals surface area contributed by atoms with Crippen LogP contribution in [0.5, 0.6) is 0 Å². The normalized spacial score (nSPS) is 11.2. The number of thiophene rings is 1. The minimum absolute atomic E-state index is 0.0268. The maximum absolute atomic E-state index is 12.6. The van der Waals surface area contributed by atoms with Crippen molar-refractivity contribution in [2.75, 3.05) is 0 Å². The Morgan fingerprint density at radius 2 is 1.70 bits per heavy atom. The first-order valence-electron chi connectivity index (χ1n) is 6.31. The first kappa shape index (κ1) is 11.4. The zero-order valence-corrected chi connectivity index (χ0v) is 11.3. The summed E-state index contributed by atoms with van der Waals surface area (Å²) in [6.07, 6.45) is 0. The van der Waals surface area contributed by atoms with Gasteiger partial charge >= 0.3 is 0 Å². The number of para-hydroxylation sites is 1. The van der Waals surface area contributed by atoms with E-state index in [9.17, 15) is 4.79 Å². The van der Waals surface area contributed by atoms with Crippen molar-refractivity contribution in [3.05, 3.63) is 69.5 Å². The van der Waals surface area contributed by atoms with Crippen LogP contribution in [0.3, 0.4) is 0 Å². The zero-order chi connectivity index (χ0) is 13.5. The third kappa shape index (κ3) is 1.67. The van der Waals surface area contributed by atoms with Gasteiger partial charge in [0, 0.05) is 0 Å². The van der Waals surface area contributed by atoms with Crippen molar-refractivity contribution in [1.82, 2.24) is 0 Å². The van der Waals surface area contributed by atoms with E-state index in [0.29, 0.717) is 21.9 Å². The minimum atomic E-state index is 0.0268. The van der Waals surface area contributed by atoms with Gasteiger partial charge < -0.3 is 4.42 Å². The lowest BCUT2D eigenvalue weighted by Gasteiger charge is -2.03. The molecular weight excluding hydrogens is 268 g/mol. The highest BCUT2D eigenvalue weighted by atomic mass is 32.1. The number of hydrogen-bond donors (Lipinski definition) is 0. The molecule has 0 radical (unpaired) electrons. The number of benzene rings is 2. The Balaban J connectivity index is 2.10. The van der Waals surface area contributed by atoms with Crippen LogP contribution in [0.1, 0.15) is 0 Å². The Labute approximate surface area is 118 Å². The fourth-order valence-electron chi connectivity index (χ4n) is 2.41. The van der Waals surface area contributed by atoms with Crippen LogP contribution >= 0.6 is 11.3 Å². The van der Waals surface area contributed by atoms with E-state index in [1.165, 1.54) is 0 Å². The van der Waals surface area contributed by atoms with Gasteiger partial charge in [-0.2, -0.15) is 11.3 Å². The van der Waals surface area contributed by atoms with Crippen LogP contribution < -0.4 is 5.43 Å². The summed E-state index contributed by atoms with van der Waals surface area (Å²) in [4.78, 5) is 12.6. The molecule has 2 aromatic carbocycles. The Morgan fingerprint density at radius 3 is 2.55 bits per heavy atom. The summed E-state index contributed by atoms with van der Waals surface area (Å²) in [6, 6.07) is 15.2. The summed E-state index contributed by atoms with van der Waals surface area (Å²) >= 11 is 1.65. The summed E-state index contributed by atoms with van der Waals surface area (Å²) in [5.41, 5.74) is 3.46. The van der Waals surface area contributed by atoms with Crippen molar-refractivity contribution in [3.63, 3.8) is 0 Å². The molecule has 0 unspecified atom stereocenters. The van der Waals surface area contributed by atoms with Gasteiger partial charge in [-0.25, -0.2) is 0 Å². The fraction of sp³-hybridized carbons (Fsp3) is 0. The lowest BCUT2D eigenvalue weighted by Crippen LogP contribution is -2.01. The third-order valence-corrected chi connectivity index (χ3v) is 4.11. The smallest absolute Gasteiger partial charge is 0.200 e. The summed E-state index contributed by atoms with van der Waals surface area (Å²) in [7, 11) is 0. The van der Waals surface area contributed by atoms with Crippen LogP contribution in [-0.2, 0) is 0 Å². The Hall–Kier alpha value is -2.39. The molecular formula is C17H10O2S. The minimum Gasteiger partial charge on any atom is -0.456 e. The zero-order valence-electron chi connectivity index (χ0n) is 10.5. The van der Waals surface area contributed by atoms with Crippen molar-refractivity contribution < 1.29 is 4.42 Å². The maximum atomic E-state index is 12.6. The molecule has 0 saturated carbocycles. The molecule has 0 spiro atoms. The molecule has 0 atom stereocenters. The van der Waals surface area contributed by atoms with Crippen LogP contribution in [-0.4, -0.2) is 0 Å². The van der Waals surface area contributed by atoms with Gasteiger partial charge in [0.15, 0.2) is 0 Å². The van der Waals surface area contributed by atoms with Gasteiger partial charge in [-0.05, 0) is 52.2 Å². The first-order valence-corrected chi connectivity index (χ1v) is 7.25. The largest absolute Gasteiger partial charge is 0.456 e. The lowest BCUT2D eigenvalue weighted by molar-refractivity contribution is 0.660. The quantitative estimate of drug-likeness (QED) is 0.473. The molecule has 0 aliphatic heterocycles. The van der Waals surface area contributed by atoms with E-state index in [0.717, 1.165) is 11.1 Å². The van der Waals surface area contributed by atoms with E-state index in [-0.39, 0.29) is 5.43 Å². The topological polar surface area (TPSA) is 30.2 Å². The van der Waals surface area contributed by atoms with Gasteiger partial charge in [0.1, 0.15) is 11.2 Å². The molecule has 96 valence electrons. The standard InChI is InChI=1S/C17H10O2S/c18-17-13-3-1-2-4-15(13)19-16-6-5-11(9-14(16)17)12-7-8-20-10-12/h1-10H. The first-order chi connectivity index (χ1) is 9.83. The van der Waals surface area contributed by atoms with Crippen molar-refractivity contribution in [2.24, 2.45) is 0 Å². The van der Waals surface area contributed by atoms with Gasteiger partial charge in [-0.15, -0.1) is 0 Å². The molecule has 2 nitrogen and oxygen atoms in total. The molecule has 0 amide bonds. The van der Waals surface area contributed by atoms with E-state index >= 15 is 0 Å². The Bertz CT molecular complexity index is 965. The molecule has 0 N–H and O–H groups in total. The SMILES string of the molecule is O=c1c2ccccc2oc2ccc(-c3ccsc3)cc12. The van der Waals surface area contributed by atoms with Crippen molar-refractivity contribution in [3.8, 4) is 11.1 Å². The number of rotatable bonds is 1. The molecule has 4 aromatic rings. The molecule has 0 aliphatic carbocycles. The summed E-state index contributed by atoms with van der Waals surface area (Å²) < 4.78 is 5.80. The average molecular weight is 278 g/mol. The van der Waals surface area contributed by atoms with Gasteiger partial charge in [-0.3, -0.25) is 4.79 Å². The van der Waals surface area contributed by atoms with Gasteiger partial charge in [0.25, 0.3) is 0 Å². The molecule has 0 aliphatic rings. The van der Waals surface area contributed by atoms with E-state index < -0.39 is 0 Å². The van der Waals surface area contributed by atoms with Crippen LogP contribution in [0.15, 0.2) is 68.5 Å². The van der Waals surface area contributed by atoms with Crippen LogP contribution in [0.25, 0.3) is 33.1 Å². The monoisotopic (exact) mass is 278 g/mol. The fourth-order valence-corrected chi connectivity index (χ4v) is 3.08. The number of fused-ring (bicyclic) bond motifs is 2. The van der Waals surface area contributed by atoms with Crippen LogP contribution in [0, 0.1) is 0 Å². The van der Waals surface area contributed by atoms with E-state index in [2.05, 4.69) is 11.4 Å². The Kier molecular flexibility index (Phi) is 2.47. The van der Waals surface area contributed by atoms with E-state index in [4.69, 9.17) is 4.42 Å². The predicted octanol–water partition coefficient (Wildman–Crippen LogP) is 4.67. The molecule has 20 heavy (non-hydrogen) atoms. The van der Waals surface area contributed by atoms with Gasteiger partial charge in [-0.1, -0.05) is 18.2 Å². The van der Waals surface area contributed by atoms with Crippen molar-refractivity contribution >= 4 is 33.3 Å². The van der Waals surface area contributed by atoms with E-state index in [1.807, 2.05) is 41.8 Å². The second-order valence-electron chi connectivity index (χ2n) is 4.65. The summed E-state index contributed by atoms with van der Waals surface area (Å²) in [5.74, 6) is 0. The van der Waals surface area contributed by atoms with Gasteiger partial charge in [0.2, 0.25) is 5.43 Å². The molecule has 3 heteroatoms. The number of hydrogen-bond acceptors (Lipinski definition) is 3.